The smallest absolute Gasteiger partial charge is 0.120 e. The Bertz CT molecular complexity index is 368. The molecule has 1 aromatic carbocycles. The zero-order valence-electron chi connectivity index (χ0n) is 9.43. The summed E-state index contributed by atoms with van der Waals surface area (Å²) in [6.45, 7) is 1.50. The van der Waals surface area contributed by atoms with Gasteiger partial charge < -0.3 is 15.6 Å². The van der Waals surface area contributed by atoms with Crippen molar-refractivity contribution in [2.24, 2.45) is 11.7 Å². The summed E-state index contributed by atoms with van der Waals surface area (Å²) in [7, 11) is 0. The van der Waals surface area contributed by atoms with Crippen LogP contribution in [-0.2, 0) is 4.74 Å². The van der Waals surface area contributed by atoms with Crippen LogP contribution in [0.1, 0.15) is 24.4 Å². The van der Waals surface area contributed by atoms with Gasteiger partial charge >= 0.3 is 0 Å². The average Bonchev–Trinajstić information content (AvgIpc) is 2.32. The minimum absolute atomic E-state index is 0. The van der Waals surface area contributed by atoms with Crippen molar-refractivity contribution in [2.75, 3.05) is 13.2 Å². The van der Waals surface area contributed by atoms with E-state index in [1.165, 1.54) is 0 Å². The van der Waals surface area contributed by atoms with Crippen LogP contribution in [0.25, 0.3) is 0 Å². The quantitative estimate of drug-likeness (QED) is 0.874. The molecule has 96 valence electrons. The molecule has 0 amide bonds. The fourth-order valence-corrected chi connectivity index (χ4v) is 2.30. The predicted octanol–water partition coefficient (Wildman–Crippen LogP) is 2.89. The first-order chi connectivity index (χ1) is 7.68. The van der Waals surface area contributed by atoms with Crippen LogP contribution in [0.15, 0.2) is 18.2 Å². The van der Waals surface area contributed by atoms with Crippen LogP contribution in [0.3, 0.4) is 0 Å². The fourth-order valence-electron chi connectivity index (χ4n) is 2.12. The van der Waals surface area contributed by atoms with E-state index in [0.29, 0.717) is 10.9 Å². The lowest BCUT2D eigenvalue weighted by Gasteiger charge is -2.28. The molecular formula is C12H17Cl2NO2. The number of rotatable bonds is 2. The summed E-state index contributed by atoms with van der Waals surface area (Å²) in [5.41, 5.74) is 6.90. The van der Waals surface area contributed by atoms with E-state index in [4.69, 9.17) is 22.1 Å². The minimum Gasteiger partial charge on any atom is -0.508 e. The molecule has 0 aliphatic carbocycles. The molecule has 5 heteroatoms. The third kappa shape index (κ3) is 3.49. The SMILES string of the molecule is Cl.N[C@H](c1cc(Cl)ccc1O)C1CCOCC1. The number of nitrogens with two attached hydrogens (primary N) is 1. The van der Waals surface area contributed by atoms with Crippen LogP contribution in [0.2, 0.25) is 5.02 Å². The summed E-state index contributed by atoms with van der Waals surface area (Å²) in [5, 5.41) is 10.4. The molecule has 0 radical (unpaired) electrons. The van der Waals surface area contributed by atoms with Crippen molar-refractivity contribution in [1.29, 1.82) is 0 Å². The van der Waals surface area contributed by atoms with Gasteiger partial charge in [0.15, 0.2) is 0 Å². The number of halogens is 2. The van der Waals surface area contributed by atoms with Crippen LogP contribution >= 0.6 is 24.0 Å². The van der Waals surface area contributed by atoms with Crippen molar-refractivity contribution in [1.82, 2.24) is 0 Å². The summed E-state index contributed by atoms with van der Waals surface area (Å²) in [4.78, 5) is 0. The van der Waals surface area contributed by atoms with Crippen molar-refractivity contribution >= 4 is 24.0 Å². The second-order valence-electron chi connectivity index (χ2n) is 4.18. The molecule has 0 saturated carbocycles. The van der Waals surface area contributed by atoms with Gasteiger partial charge in [0.05, 0.1) is 0 Å². The first-order valence-corrected chi connectivity index (χ1v) is 5.88. The van der Waals surface area contributed by atoms with E-state index in [-0.39, 0.29) is 24.2 Å². The zero-order chi connectivity index (χ0) is 11.5. The molecule has 3 nitrogen and oxygen atoms in total. The number of hydrogen-bond donors (Lipinski definition) is 2. The van der Waals surface area contributed by atoms with Crippen molar-refractivity contribution in [3.63, 3.8) is 0 Å². The van der Waals surface area contributed by atoms with Gasteiger partial charge in [-0.15, -0.1) is 12.4 Å². The predicted molar refractivity (Wildman–Crippen MR) is 70.8 cm³/mol. The Morgan fingerprint density at radius 3 is 2.65 bits per heavy atom. The molecular weight excluding hydrogens is 261 g/mol. The van der Waals surface area contributed by atoms with E-state index in [1.807, 2.05) is 0 Å². The summed E-state index contributed by atoms with van der Waals surface area (Å²) in [6.07, 6.45) is 1.88. The van der Waals surface area contributed by atoms with Gasteiger partial charge in [-0.25, -0.2) is 0 Å². The Labute approximate surface area is 112 Å². The van der Waals surface area contributed by atoms with E-state index in [0.717, 1.165) is 31.6 Å². The highest BCUT2D eigenvalue weighted by Crippen LogP contribution is 2.34. The lowest BCUT2D eigenvalue weighted by atomic mass is 9.87. The highest BCUT2D eigenvalue weighted by molar-refractivity contribution is 6.30. The van der Waals surface area contributed by atoms with Gasteiger partial charge in [0.25, 0.3) is 0 Å². The number of ether oxygens (including phenoxy) is 1. The first kappa shape index (κ1) is 14.6. The molecule has 1 atom stereocenters. The lowest BCUT2D eigenvalue weighted by molar-refractivity contribution is 0.0581. The van der Waals surface area contributed by atoms with Crippen molar-refractivity contribution in [3.05, 3.63) is 28.8 Å². The molecule has 0 aromatic heterocycles. The number of benzene rings is 1. The third-order valence-electron chi connectivity index (χ3n) is 3.12. The van der Waals surface area contributed by atoms with Gasteiger partial charge in [-0.1, -0.05) is 11.6 Å². The van der Waals surface area contributed by atoms with Crippen molar-refractivity contribution in [2.45, 2.75) is 18.9 Å². The molecule has 1 aliphatic heterocycles. The Morgan fingerprint density at radius 2 is 2.00 bits per heavy atom. The largest absolute Gasteiger partial charge is 0.508 e. The topological polar surface area (TPSA) is 55.5 Å². The maximum absolute atomic E-state index is 9.77. The van der Waals surface area contributed by atoms with E-state index >= 15 is 0 Å². The molecule has 0 bridgehead atoms. The lowest BCUT2D eigenvalue weighted by Crippen LogP contribution is -2.27. The highest BCUT2D eigenvalue weighted by Gasteiger charge is 2.24. The van der Waals surface area contributed by atoms with E-state index in [2.05, 4.69) is 0 Å². The molecule has 2 rings (SSSR count). The molecule has 1 saturated heterocycles. The highest BCUT2D eigenvalue weighted by atomic mass is 35.5. The third-order valence-corrected chi connectivity index (χ3v) is 3.36. The van der Waals surface area contributed by atoms with E-state index in [9.17, 15) is 5.11 Å². The first-order valence-electron chi connectivity index (χ1n) is 5.50. The van der Waals surface area contributed by atoms with Gasteiger partial charge in [-0.05, 0) is 37.0 Å². The molecule has 3 N–H and O–H groups in total. The number of phenols is 1. The second-order valence-corrected chi connectivity index (χ2v) is 4.62. The standard InChI is InChI=1S/C12H16ClNO2.ClH/c13-9-1-2-11(15)10(7-9)12(14)8-3-5-16-6-4-8;/h1-2,7-8,12,15H,3-6,14H2;1H/t12-;/m0./s1. The Hall–Kier alpha value is -0.480. The maximum atomic E-state index is 9.77. The molecule has 1 aromatic rings. The van der Waals surface area contributed by atoms with Crippen LogP contribution in [-0.4, -0.2) is 18.3 Å². The molecule has 1 aliphatic rings. The summed E-state index contributed by atoms with van der Waals surface area (Å²) >= 11 is 5.91. The van der Waals surface area contributed by atoms with E-state index in [1.54, 1.807) is 18.2 Å². The van der Waals surface area contributed by atoms with Gasteiger partial charge in [0.2, 0.25) is 0 Å². The summed E-state index contributed by atoms with van der Waals surface area (Å²) in [6, 6.07) is 4.84. The summed E-state index contributed by atoms with van der Waals surface area (Å²) in [5.74, 6) is 0.585. The van der Waals surface area contributed by atoms with Gasteiger partial charge in [0.1, 0.15) is 5.75 Å². The second kappa shape index (κ2) is 6.45. The van der Waals surface area contributed by atoms with Crippen molar-refractivity contribution in [3.8, 4) is 5.75 Å². The number of phenolic OH excluding ortho intramolecular Hbond substituents is 1. The summed E-state index contributed by atoms with van der Waals surface area (Å²) < 4.78 is 5.30. The van der Waals surface area contributed by atoms with Crippen LogP contribution < -0.4 is 5.73 Å². The number of aromatic hydroxyl groups is 1. The Morgan fingerprint density at radius 1 is 1.35 bits per heavy atom. The van der Waals surface area contributed by atoms with E-state index < -0.39 is 0 Å². The van der Waals surface area contributed by atoms with Crippen LogP contribution in [0, 0.1) is 5.92 Å². The normalized spacial score (nSPS) is 18.5. The Balaban J connectivity index is 0.00000144. The van der Waals surface area contributed by atoms with Gasteiger partial charge in [-0.2, -0.15) is 0 Å². The van der Waals surface area contributed by atoms with Crippen LogP contribution in [0.5, 0.6) is 5.75 Å². The van der Waals surface area contributed by atoms with Crippen LogP contribution in [0.4, 0.5) is 0 Å². The minimum atomic E-state index is -0.164. The fraction of sp³-hybridized carbons (Fsp3) is 0.500. The Kier molecular flexibility index (Phi) is 5.53. The molecule has 0 unspecified atom stereocenters. The average molecular weight is 278 g/mol. The van der Waals surface area contributed by atoms with Gasteiger partial charge in [0, 0.05) is 29.8 Å². The molecule has 1 fully saturated rings. The van der Waals surface area contributed by atoms with Crippen molar-refractivity contribution < 1.29 is 9.84 Å². The molecule has 1 heterocycles. The maximum Gasteiger partial charge on any atom is 0.120 e. The molecule has 0 spiro atoms. The monoisotopic (exact) mass is 277 g/mol. The number of hydrogen-bond acceptors (Lipinski definition) is 3. The molecule has 17 heavy (non-hydrogen) atoms. The van der Waals surface area contributed by atoms with Gasteiger partial charge in [-0.3, -0.25) is 0 Å². The zero-order valence-corrected chi connectivity index (χ0v) is 11.0.